The van der Waals surface area contributed by atoms with Crippen LogP contribution in [0.5, 0.6) is 0 Å². The van der Waals surface area contributed by atoms with E-state index >= 15 is 0 Å². The molecule has 0 spiro atoms. The van der Waals surface area contributed by atoms with E-state index < -0.39 is 0 Å². The minimum atomic E-state index is 0.687. The van der Waals surface area contributed by atoms with E-state index in [4.69, 9.17) is 19.4 Å². The lowest BCUT2D eigenvalue weighted by atomic mass is 9.95. The van der Waals surface area contributed by atoms with Gasteiger partial charge in [-0.05, 0) is 41.0 Å². The van der Waals surface area contributed by atoms with Crippen molar-refractivity contribution in [2.45, 2.75) is 0 Å². The topological polar surface area (TPSA) is 51.8 Å². The third kappa shape index (κ3) is 5.66. The molecule has 11 rings (SSSR count). The zero-order chi connectivity index (χ0) is 37.7. The maximum absolute atomic E-state index is 6.79. The Labute approximate surface area is 329 Å². The largest absolute Gasteiger partial charge is 0.455 e. The Balaban J connectivity index is 1.05. The quantitative estimate of drug-likeness (QED) is 0.160. The molecule has 0 unspecified atom stereocenters. The molecule has 0 aliphatic heterocycles. The van der Waals surface area contributed by atoms with Crippen LogP contribution in [-0.2, 0) is 0 Å². The third-order valence-electron chi connectivity index (χ3n) is 10.9. The Morgan fingerprint density at radius 2 is 0.877 bits per heavy atom. The van der Waals surface area contributed by atoms with Crippen molar-refractivity contribution in [2.24, 2.45) is 0 Å². The molecule has 8 aromatic carbocycles. The molecular formula is C53H33N3O. The van der Waals surface area contributed by atoms with E-state index in [2.05, 4.69) is 170 Å². The highest BCUT2D eigenvalue weighted by Gasteiger charge is 2.20. The summed E-state index contributed by atoms with van der Waals surface area (Å²) in [4.78, 5) is 15.5. The summed E-state index contributed by atoms with van der Waals surface area (Å²) in [5.41, 5.74) is 13.8. The van der Waals surface area contributed by atoms with Crippen LogP contribution in [0.3, 0.4) is 0 Å². The number of pyridine rings is 1. The second-order valence-corrected chi connectivity index (χ2v) is 14.3. The normalized spacial score (nSPS) is 11.5. The summed E-state index contributed by atoms with van der Waals surface area (Å²) in [6.07, 6.45) is 0. The van der Waals surface area contributed by atoms with Crippen molar-refractivity contribution in [3.05, 3.63) is 200 Å². The summed E-state index contributed by atoms with van der Waals surface area (Å²) in [6, 6.07) is 69.4. The number of aromatic nitrogens is 3. The van der Waals surface area contributed by atoms with Gasteiger partial charge in [0, 0.05) is 54.7 Å². The number of hydrogen-bond acceptors (Lipinski definition) is 4. The summed E-state index contributed by atoms with van der Waals surface area (Å²) in [5.74, 6) is 0.687. The maximum atomic E-state index is 6.79. The van der Waals surface area contributed by atoms with Gasteiger partial charge in [0.15, 0.2) is 5.82 Å². The van der Waals surface area contributed by atoms with E-state index in [1.54, 1.807) is 0 Å². The van der Waals surface area contributed by atoms with E-state index in [0.717, 1.165) is 105 Å². The molecule has 57 heavy (non-hydrogen) atoms. The highest BCUT2D eigenvalue weighted by atomic mass is 16.3. The maximum Gasteiger partial charge on any atom is 0.161 e. The van der Waals surface area contributed by atoms with Crippen molar-refractivity contribution in [3.63, 3.8) is 0 Å². The Bertz CT molecular complexity index is 3260. The van der Waals surface area contributed by atoms with Crippen LogP contribution < -0.4 is 0 Å². The minimum Gasteiger partial charge on any atom is -0.455 e. The predicted molar refractivity (Wildman–Crippen MR) is 235 cm³/mol. The van der Waals surface area contributed by atoms with Crippen LogP contribution in [-0.4, -0.2) is 15.0 Å². The van der Waals surface area contributed by atoms with Crippen molar-refractivity contribution in [3.8, 4) is 67.4 Å². The van der Waals surface area contributed by atoms with Gasteiger partial charge in [-0.1, -0.05) is 176 Å². The van der Waals surface area contributed by atoms with E-state index in [1.807, 2.05) is 30.3 Å². The van der Waals surface area contributed by atoms with Gasteiger partial charge < -0.3 is 4.42 Å². The SMILES string of the molecule is c1ccc(-c2cc(-c3ccc(-c4cccc5c4oc4ccc6c(-c7ccccc7)nc7ccccc7c6c45)cc3)nc(-c3ccccc3-c3ccccc3)n2)cc1. The zero-order valence-electron chi connectivity index (χ0n) is 30.8. The molecule has 0 bridgehead atoms. The van der Waals surface area contributed by atoms with Gasteiger partial charge in [0.05, 0.1) is 22.6 Å². The van der Waals surface area contributed by atoms with Crippen molar-refractivity contribution in [1.29, 1.82) is 0 Å². The first-order chi connectivity index (χ1) is 28.3. The Hall–Kier alpha value is -7.69. The smallest absolute Gasteiger partial charge is 0.161 e. The third-order valence-corrected chi connectivity index (χ3v) is 10.9. The van der Waals surface area contributed by atoms with Crippen LogP contribution >= 0.6 is 0 Å². The fraction of sp³-hybridized carbons (Fsp3) is 0. The molecule has 0 aliphatic rings. The van der Waals surface area contributed by atoms with Crippen LogP contribution in [0.1, 0.15) is 0 Å². The highest BCUT2D eigenvalue weighted by Crippen LogP contribution is 2.44. The van der Waals surface area contributed by atoms with Crippen molar-refractivity contribution in [1.82, 2.24) is 15.0 Å². The molecule has 0 saturated heterocycles. The molecule has 0 radical (unpaired) electrons. The van der Waals surface area contributed by atoms with Gasteiger partial charge >= 0.3 is 0 Å². The van der Waals surface area contributed by atoms with Gasteiger partial charge in [0.1, 0.15) is 11.2 Å². The molecule has 266 valence electrons. The van der Waals surface area contributed by atoms with Crippen molar-refractivity contribution < 1.29 is 4.42 Å². The number of rotatable bonds is 6. The number of benzene rings is 8. The fourth-order valence-electron chi connectivity index (χ4n) is 8.21. The molecule has 4 heteroatoms. The van der Waals surface area contributed by atoms with Gasteiger partial charge in [-0.15, -0.1) is 0 Å². The molecule has 4 nitrogen and oxygen atoms in total. The van der Waals surface area contributed by atoms with Gasteiger partial charge in [0.2, 0.25) is 0 Å². The van der Waals surface area contributed by atoms with Gasteiger partial charge in [-0.3, -0.25) is 0 Å². The molecule has 3 aromatic heterocycles. The summed E-state index contributed by atoms with van der Waals surface area (Å²) in [7, 11) is 0. The standard InChI is InChI=1S/C53H33N3O/c1-4-15-34(16-5-1)39-21-10-11-22-41(39)53-55-46(36-17-6-2-7-18-36)33-47(56-53)37-29-27-35(28-30-37)40-24-14-25-44-50-48(57-52(40)44)32-31-43-49(50)42-23-12-13-26-45(42)54-51(43)38-19-8-3-9-20-38/h1-33H. The summed E-state index contributed by atoms with van der Waals surface area (Å²) < 4.78 is 6.79. The fourth-order valence-corrected chi connectivity index (χ4v) is 8.21. The molecule has 3 heterocycles. The van der Waals surface area contributed by atoms with Crippen molar-refractivity contribution in [2.75, 3.05) is 0 Å². The van der Waals surface area contributed by atoms with Gasteiger partial charge in [0.25, 0.3) is 0 Å². The molecule has 0 N–H and O–H groups in total. The number of furan rings is 1. The van der Waals surface area contributed by atoms with Crippen LogP contribution in [0.4, 0.5) is 0 Å². The average Bonchev–Trinajstić information content (AvgIpc) is 3.69. The van der Waals surface area contributed by atoms with E-state index in [9.17, 15) is 0 Å². The first kappa shape index (κ1) is 32.7. The number of fused-ring (bicyclic) bond motifs is 7. The second kappa shape index (κ2) is 13.6. The van der Waals surface area contributed by atoms with Crippen LogP contribution in [0, 0.1) is 0 Å². The Morgan fingerprint density at radius 1 is 0.333 bits per heavy atom. The predicted octanol–water partition coefficient (Wildman–Crippen LogP) is 14.1. The Kier molecular flexibility index (Phi) is 7.78. The van der Waals surface area contributed by atoms with Crippen LogP contribution in [0.25, 0.3) is 111 Å². The second-order valence-electron chi connectivity index (χ2n) is 14.3. The molecule has 0 atom stereocenters. The first-order valence-corrected chi connectivity index (χ1v) is 19.2. The molecule has 0 aliphatic carbocycles. The molecule has 0 saturated carbocycles. The molecular weight excluding hydrogens is 695 g/mol. The van der Waals surface area contributed by atoms with Gasteiger partial charge in [-0.2, -0.15) is 0 Å². The Morgan fingerprint density at radius 3 is 1.61 bits per heavy atom. The van der Waals surface area contributed by atoms with E-state index in [1.165, 1.54) is 0 Å². The zero-order valence-corrected chi connectivity index (χ0v) is 30.8. The van der Waals surface area contributed by atoms with Crippen LogP contribution in [0.2, 0.25) is 0 Å². The number of para-hydroxylation sites is 2. The number of hydrogen-bond donors (Lipinski definition) is 0. The van der Waals surface area contributed by atoms with Gasteiger partial charge in [-0.25, -0.2) is 15.0 Å². The summed E-state index contributed by atoms with van der Waals surface area (Å²) in [6.45, 7) is 0. The number of nitrogens with zero attached hydrogens (tertiary/aromatic N) is 3. The van der Waals surface area contributed by atoms with E-state index in [0.29, 0.717) is 5.82 Å². The minimum absolute atomic E-state index is 0.687. The van der Waals surface area contributed by atoms with Crippen molar-refractivity contribution >= 4 is 43.6 Å². The lowest BCUT2D eigenvalue weighted by Gasteiger charge is -2.13. The molecule has 11 aromatic rings. The molecule has 0 amide bonds. The highest BCUT2D eigenvalue weighted by molar-refractivity contribution is 6.29. The van der Waals surface area contributed by atoms with E-state index in [-0.39, 0.29) is 0 Å². The molecule has 0 fully saturated rings. The summed E-state index contributed by atoms with van der Waals surface area (Å²) >= 11 is 0. The summed E-state index contributed by atoms with van der Waals surface area (Å²) in [5, 5.41) is 5.56. The lowest BCUT2D eigenvalue weighted by Crippen LogP contribution is -1.97. The first-order valence-electron chi connectivity index (χ1n) is 19.2. The average molecular weight is 728 g/mol. The lowest BCUT2D eigenvalue weighted by molar-refractivity contribution is 0.670. The monoisotopic (exact) mass is 727 g/mol. The van der Waals surface area contributed by atoms with Crippen LogP contribution in [0.15, 0.2) is 205 Å².